The minimum atomic E-state index is -2.95. The summed E-state index contributed by atoms with van der Waals surface area (Å²) < 4.78 is 36.2. The molecule has 0 saturated heterocycles. The van der Waals surface area contributed by atoms with Crippen LogP contribution in [0.1, 0.15) is 30.7 Å². The van der Waals surface area contributed by atoms with Gasteiger partial charge in [0.2, 0.25) is 5.91 Å². The lowest BCUT2D eigenvalue weighted by atomic mass is 10.1. The molecule has 30 heavy (non-hydrogen) atoms. The van der Waals surface area contributed by atoms with Crippen LogP contribution in [0.15, 0.2) is 24.3 Å². The molecule has 0 bridgehead atoms. The lowest BCUT2D eigenvalue weighted by Crippen LogP contribution is -2.23. The first kappa shape index (κ1) is 23.7. The van der Waals surface area contributed by atoms with Crippen molar-refractivity contribution in [3.8, 4) is 11.5 Å². The van der Waals surface area contributed by atoms with Gasteiger partial charge in [-0.25, -0.2) is 0 Å². The van der Waals surface area contributed by atoms with E-state index in [1.807, 2.05) is 6.92 Å². The minimum Gasteiger partial charge on any atom is -0.493 e. The molecule has 164 valence electrons. The second-order valence-electron chi connectivity index (χ2n) is 7.10. The number of ether oxygens (including phenoxy) is 2. The highest BCUT2D eigenvalue weighted by molar-refractivity contribution is 6.31. The van der Waals surface area contributed by atoms with Crippen LogP contribution >= 0.6 is 11.6 Å². The monoisotopic (exact) mass is 441 g/mol. The Bertz CT molecular complexity index is 898. The Kier molecular flexibility index (Phi) is 8.65. The highest BCUT2D eigenvalue weighted by Crippen LogP contribution is 2.29. The Morgan fingerprint density at radius 3 is 2.70 bits per heavy atom. The Morgan fingerprint density at radius 2 is 2.07 bits per heavy atom. The fourth-order valence-corrected chi connectivity index (χ4v) is 3.14. The molecule has 9 heteroatoms. The van der Waals surface area contributed by atoms with Gasteiger partial charge >= 0.3 is 6.61 Å². The van der Waals surface area contributed by atoms with Gasteiger partial charge in [-0.05, 0) is 43.0 Å². The highest BCUT2D eigenvalue weighted by atomic mass is 35.5. The number of carbonyl (C=O) groups is 1. The van der Waals surface area contributed by atoms with Crippen LogP contribution in [0, 0.1) is 12.8 Å². The zero-order chi connectivity index (χ0) is 22.3. The lowest BCUT2D eigenvalue weighted by Gasteiger charge is -2.11. The number of carbonyl (C=O) groups excluding carboxylic acids is 1. The predicted molar refractivity (Wildman–Crippen MR) is 112 cm³/mol. The van der Waals surface area contributed by atoms with E-state index in [0.717, 1.165) is 11.3 Å². The Morgan fingerprint density at radius 1 is 1.33 bits per heavy atom. The molecule has 2 aromatic rings. The standard InChI is InChI=1S/C21H26ClF2N3O3/c1-13(2)12-27-20(22)16(14(3)26-27)6-8-19(28)25-10-9-15-5-7-17(29-4)18(11-15)30-21(23)24/h5-8,11,13,21H,9-10,12H2,1-4H3,(H,25,28). The molecule has 0 radical (unpaired) electrons. The van der Waals surface area contributed by atoms with E-state index in [0.29, 0.717) is 36.1 Å². The van der Waals surface area contributed by atoms with Crippen LogP contribution < -0.4 is 14.8 Å². The summed E-state index contributed by atoms with van der Waals surface area (Å²) in [5.41, 5.74) is 2.18. The normalized spacial score (nSPS) is 11.5. The van der Waals surface area contributed by atoms with Crippen LogP contribution in [0.4, 0.5) is 8.78 Å². The molecule has 0 spiro atoms. The third-order valence-corrected chi connectivity index (χ3v) is 4.60. The van der Waals surface area contributed by atoms with Gasteiger partial charge in [-0.1, -0.05) is 31.5 Å². The number of amides is 1. The van der Waals surface area contributed by atoms with Crippen LogP contribution in [0.3, 0.4) is 0 Å². The zero-order valence-electron chi connectivity index (χ0n) is 17.4. The molecule has 1 N–H and O–H groups in total. The van der Waals surface area contributed by atoms with E-state index >= 15 is 0 Å². The molecule has 6 nitrogen and oxygen atoms in total. The summed E-state index contributed by atoms with van der Waals surface area (Å²) in [7, 11) is 1.38. The molecular formula is C21H26ClF2N3O3. The molecule has 1 amide bonds. The number of nitrogens with zero attached hydrogens (tertiary/aromatic N) is 2. The van der Waals surface area contributed by atoms with Crippen molar-refractivity contribution in [1.82, 2.24) is 15.1 Å². The van der Waals surface area contributed by atoms with Crippen molar-refractivity contribution in [3.63, 3.8) is 0 Å². The van der Waals surface area contributed by atoms with Crippen molar-refractivity contribution >= 4 is 23.6 Å². The number of hydrogen-bond acceptors (Lipinski definition) is 4. The summed E-state index contributed by atoms with van der Waals surface area (Å²) in [5.74, 6) is 0.280. The number of rotatable bonds is 10. The van der Waals surface area contributed by atoms with Crippen molar-refractivity contribution in [3.05, 3.63) is 46.2 Å². The molecule has 1 aromatic carbocycles. The van der Waals surface area contributed by atoms with Gasteiger partial charge in [-0.2, -0.15) is 13.9 Å². The van der Waals surface area contributed by atoms with E-state index in [9.17, 15) is 13.6 Å². The number of halogens is 3. The van der Waals surface area contributed by atoms with E-state index in [4.69, 9.17) is 16.3 Å². The number of aromatic nitrogens is 2. The zero-order valence-corrected chi connectivity index (χ0v) is 18.2. The number of benzene rings is 1. The molecule has 0 atom stereocenters. The van der Waals surface area contributed by atoms with Gasteiger partial charge in [-0.3, -0.25) is 9.48 Å². The van der Waals surface area contributed by atoms with Crippen LogP contribution in [0.25, 0.3) is 6.08 Å². The summed E-state index contributed by atoms with van der Waals surface area (Å²) in [6.45, 7) is 4.05. The van der Waals surface area contributed by atoms with Gasteiger partial charge in [0.05, 0.1) is 12.8 Å². The fourth-order valence-electron chi connectivity index (χ4n) is 2.84. The SMILES string of the molecule is COc1ccc(CCNC(=O)C=Cc2c(C)nn(CC(C)C)c2Cl)cc1OC(F)F. The first-order valence-corrected chi connectivity index (χ1v) is 9.89. The first-order chi connectivity index (χ1) is 14.2. The van der Waals surface area contributed by atoms with Crippen LogP contribution in [0.2, 0.25) is 5.15 Å². The molecule has 1 aromatic heterocycles. The minimum absolute atomic E-state index is 0.0419. The van der Waals surface area contributed by atoms with Crippen LogP contribution in [-0.2, 0) is 17.8 Å². The fraction of sp³-hybridized carbons (Fsp3) is 0.429. The quantitative estimate of drug-likeness (QED) is 0.552. The Hall–Kier alpha value is -2.61. The summed E-state index contributed by atoms with van der Waals surface area (Å²) in [4.78, 5) is 12.1. The van der Waals surface area contributed by atoms with E-state index < -0.39 is 6.61 Å². The molecule has 1 heterocycles. The number of hydrogen-bond donors (Lipinski definition) is 1. The number of alkyl halides is 2. The van der Waals surface area contributed by atoms with Crippen molar-refractivity contribution in [2.24, 2.45) is 5.92 Å². The molecule has 0 saturated carbocycles. The molecule has 0 aliphatic rings. The molecule has 0 fully saturated rings. The van der Waals surface area contributed by atoms with Crippen molar-refractivity contribution in [2.45, 2.75) is 40.3 Å². The van der Waals surface area contributed by atoms with Crippen LogP contribution in [0.5, 0.6) is 11.5 Å². The van der Waals surface area contributed by atoms with Crippen molar-refractivity contribution < 1.29 is 23.0 Å². The van der Waals surface area contributed by atoms with Gasteiger partial charge in [0, 0.05) is 24.7 Å². The maximum Gasteiger partial charge on any atom is 0.387 e. The maximum absolute atomic E-state index is 12.5. The van der Waals surface area contributed by atoms with E-state index in [1.165, 1.54) is 19.3 Å². The summed E-state index contributed by atoms with van der Waals surface area (Å²) >= 11 is 6.36. The summed E-state index contributed by atoms with van der Waals surface area (Å²) in [6, 6.07) is 4.75. The molecular weight excluding hydrogens is 416 g/mol. The Balaban J connectivity index is 1.93. The van der Waals surface area contributed by atoms with Gasteiger partial charge < -0.3 is 14.8 Å². The molecule has 0 aliphatic carbocycles. The van der Waals surface area contributed by atoms with Gasteiger partial charge in [-0.15, -0.1) is 0 Å². The predicted octanol–water partition coefficient (Wildman–Crippen LogP) is 4.48. The average molecular weight is 442 g/mol. The lowest BCUT2D eigenvalue weighted by molar-refractivity contribution is -0.116. The van der Waals surface area contributed by atoms with Gasteiger partial charge in [0.25, 0.3) is 0 Å². The van der Waals surface area contributed by atoms with E-state index in [2.05, 4.69) is 29.0 Å². The number of methoxy groups -OCH3 is 1. The highest BCUT2D eigenvalue weighted by Gasteiger charge is 2.13. The summed E-state index contributed by atoms with van der Waals surface area (Å²) in [5, 5.41) is 7.65. The van der Waals surface area contributed by atoms with E-state index in [1.54, 1.807) is 22.9 Å². The summed E-state index contributed by atoms with van der Waals surface area (Å²) in [6.07, 6.45) is 3.48. The first-order valence-electron chi connectivity index (χ1n) is 9.51. The number of nitrogens with one attached hydrogen (secondary N) is 1. The average Bonchev–Trinajstić information content (AvgIpc) is 2.92. The molecule has 0 aliphatic heterocycles. The van der Waals surface area contributed by atoms with Crippen LogP contribution in [-0.4, -0.2) is 36.0 Å². The molecule has 0 unspecified atom stereocenters. The third kappa shape index (κ3) is 6.73. The smallest absolute Gasteiger partial charge is 0.387 e. The second-order valence-corrected chi connectivity index (χ2v) is 7.46. The molecule has 2 rings (SSSR count). The topological polar surface area (TPSA) is 65.4 Å². The maximum atomic E-state index is 12.5. The van der Waals surface area contributed by atoms with Gasteiger partial charge in [0.15, 0.2) is 11.5 Å². The second kappa shape index (κ2) is 11.0. The van der Waals surface area contributed by atoms with Crippen molar-refractivity contribution in [1.29, 1.82) is 0 Å². The third-order valence-electron chi connectivity index (χ3n) is 4.21. The Labute approximate surface area is 179 Å². The van der Waals surface area contributed by atoms with E-state index in [-0.39, 0.29) is 17.4 Å². The van der Waals surface area contributed by atoms with Gasteiger partial charge in [0.1, 0.15) is 5.15 Å². The largest absolute Gasteiger partial charge is 0.493 e. The number of aryl methyl sites for hydroxylation is 1. The van der Waals surface area contributed by atoms with Crippen molar-refractivity contribution in [2.75, 3.05) is 13.7 Å².